The van der Waals surface area contributed by atoms with Crippen LogP contribution in [0.4, 0.5) is 0 Å². The number of hydrogen-bond acceptors (Lipinski definition) is 7. The standard InChI is InChI=1S/C4H11NO3.C3H9O5P/c5-4(1-6,2-7)3-8;1-2(4)3(5)9(6,7)8/h6-8H,1-3,5H2;2-5H,1H3,(H2,6,7,8). The van der Waals surface area contributed by atoms with Crippen molar-refractivity contribution in [1.29, 1.82) is 0 Å². The van der Waals surface area contributed by atoms with Gasteiger partial charge in [0.25, 0.3) is 0 Å². The number of hydrogen-bond donors (Lipinski definition) is 8. The Morgan fingerprint density at radius 3 is 1.41 bits per heavy atom. The van der Waals surface area contributed by atoms with Crippen LogP contribution in [-0.4, -0.2) is 72.6 Å². The minimum atomic E-state index is -4.51. The van der Waals surface area contributed by atoms with Crippen molar-refractivity contribution in [3.05, 3.63) is 0 Å². The van der Waals surface area contributed by atoms with E-state index in [0.717, 1.165) is 6.92 Å². The second-order valence-corrected chi connectivity index (χ2v) is 5.29. The molecule has 0 aliphatic carbocycles. The van der Waals surface area contributed by atoms with Crippen LogP contribution < -0.4 is 5.73 Å². The van der Waals surface area contributed by atoms with Gasteiger partial charge in [0.2, 0.25) is 0 Å². The second kappa shape index (κ2) is 8.09. The third kappa shape index (κ3) is 8.61. The van der Waals surface area contributed by atoms with Crippen LogP contribution in [0.15, 0.2) is 0 Å². The van der Waals surface area contributed by atoms with Crippen LogP contribution in [0, 0.1) is 0 Å². The van der Waals surface area contributed by atoms with E-state index in [1.807, 2.05) is 0 Å². The van der Waals surface area contributed by atoms with Crippen molar-refractivity contribution in [2.24, 2.45) is 5.73 Å². The van der Waals surface area contributed by atoms with Crippen molar-refractivity contribution in [3.8, 4) is 0 Å². The second-order valence-electron chi connectivity index (χ2n) is 3.58. The van der Waals surface area contributed by atoms with E-state index < -0.39 is 44.9 Å². The van der Waals surface area contributed by atoms with Crippen LogP contribution in [-0.2, 0) is 4.57 Å². The quantitative estimate of drug-likeness (QED) is 0.236. The van der Waals surface area contributed by atoms with E-state index in [0.29, 0.717) is 0 Å². The zero-order valence-corrected chi connectivity index (χ0v) is 10.2. The maximum absolute atomic E-state index is 10.1. The van der Waals surface area contributed by atoms with E-state index >= 15 is 0 Å². The van der Waals surface area contributed by atoms with Gasteiger partial charge in [-0.3, -0.25) is 4.57 Å². The fourth-order valence-electron chi connectivity index (χ4n) is 0.431. The molecule has 10 heteroatoms. The van der Waals surface area contributed by atoms with Crippen molar-refractivity contribution in [3.63, 3.8) is 0 Å². The molecule has 0 saturated carbocycles. The van der Waals surface area contributed by atoms with Gasteiger partial charge in [0.1, 0.15) is 0 Å². The van der Waals surface area contributed by atoms with Gasteiger partial charge in [-0.15, -0.1) is 0 Å². The van der Waals surface area contributed by atoms with Gasteiger partial charge < -0.3 is 41.1 Å². The average molecular weight is 277 g/mol. The highest BCUT2D eigenvalue weighted by Gasteiger charge is 2.30. The molecule has 0 spiro atoms. The van der Waals surface area contributed by atoms with E-state index in [1.165, 1.54) is 0 Å². The molecule has 106 valence electrons. The summed E-state index contributed by atoms with van der Waals surface area (Å²) in [6.45, 7) is -0.107. The molecule has 0 radical (unpaired) electrons. The molecule has 0 bridgehead atoms. The number of aliphatic hydroxyl groups is 5. The molecule has 0 aliphatic heterocycles. The topological polar surface area (TPSA) is 185 Å². The summed E-state index contributed by atoms with van der Waals surface area (Å²) in [5, 5.41) is 41.9. The summed E-state index contributed by atoms with van der Waals surface area (Å²) in [6.07, 6.45) is -1.40. The Bertz CT molecular complexity index is 230. The summed E-state index contributed by atoms with van der Waals surface area (Å²) >= 11 is 0. The summed E-state index contributed by atoms with van der Waals surface area (Å²) in [5.74, 6) is -1.96. The summed E-state index contributed by atoms with van der Waals surface area (Å²) in [6, 6.07) is 0. The van der Waals surface area contributed by atoms with Gasteiger partial charge in [-0.25, -0.2) is 0 Å². The molecule has 0 amide bonds. The molecule has 0 fully saturated rings. The highest BCUT2D eigenvalue weighted by atomic mass is 31.2. The Labute approximate surface area is 98.3 Å². The SMILES string of the molecule is CC(O)C(O)P(=O)(O)O.NC(CO)(CO)CO. The van der Waals surface area contributed by atoms with Crippen molar-refractivity contribution < 1.29 is 39.9 Å². The van der Waals surface area contributed by atoms with Crippen LogP contribution in [0.1, 0.15) is 6.92 Å². The van der Waals surface area contributed by atoms with Gasteiger partial charge in [-0.2, -0.15) is 0 Å². The predicted molar refractivity (Wildman–Crippen MR) is 57.9 cm³/mol. The van der Waals surface area contributed by atoms with Gasteiger partial charge in [-0.1, -0.05) is 0 Å². The summed E-state index contributed by atoms with van der Waals surface area (Å²) in [5.41, 5.74) is 3.94. The van der Waals surface area contributed by atoms with Crippen LogP contribution in [0.2, 0.25) is 0 Å². The lowest BCUT2D eigenvalue weighted by atomic mass is 10.1. The Morgan fingerprint density at radius 2 is 1.41 bits per heavy atom. The van der Waals surface area contributed by atoms with Gasteiger partial charge in [-0.05, 0) is 6.92 Å². The normalized spacial score (nSPS) is 15.8. The fraction of sp³-hybridized carbons (Fsp3) is 1.00. The molecule has 0 aromatic rings. The number of aliphatic hydroxyl groups excluding tert-OH is 5. The lowest BCUT2D eigenvalue weighted by Gasteiger charge is -2.20. The lowest BCUT2D eigenvalue weighted by Crippen LogP contribution is -2.50. The van der Waals surface area contributed by atoms with Gasteiger partial charge in [0.15, 0.2) is 5.85 Å². The van der Waals surface area contributed by atoms with E-state index in [-0.39, 0.29) is 0 Å². The largest absolute Gasteiger partial charge is 0.394 e. The highest BCUT2D eigenvalue weighted by Crippen LogP contribution is 2.40. The predicted octanol–water partition coefficient (Wildman–Crippen LogP) is -3.48. The maximum Gasteiger partial charge on any atom is 0.356 e. The zero-order chi connectivity index (χ0) is 14.3. The molecule has 0 aromatic heterocycles. The molecular weight excluding hydrogens is 257 g/mol. The smallest absolute Gasteiger partial charge is 0.356 e. The summed E-state index contributed by atoms with van der Waals surface area (Å²) in [4.78, 5) is 16.3. The number of rotatable bonds is 5. The molecule has 2 atom stereocenters. The minimum absolute atomic E-state index is 0.403. The molecule has 0 rings (SSSR count). The molecule has 2 unspecified atom stereocenters. The molecular formula is C7H20NO8P. The van der Waals surface area contributed by atoms with E-state index in [4.69, 9.17) is 41.1 Å². The Hall–Kier alpha value is -0.0900. The van der Waals surface area contributed by atoms with Gasteiger partial charge in [0, 0.05) is 0 Å². The van der Waals surface area contributed by atoms with Crippen molar-refractivity contribution >= 4 is 7.60 Å². The summed E-state index contributed by atoms with van der Waals surface area (Å²) < 4.78 is 10.1. The van der Waals surface area contributed by atoms with Gasteiger partial charge >= 0.3 is 7.60 Å². The van der Waals surface area contributed by atoms with Crippen LogP contribution >= 0.6 is 7.60 Å². The minimum Gasteiger partial charge on any atom is -0.394 e. The van der Waals surface area contributed by atoms with Gasteiger partial charge in [0.05, 0.1) is 31.5 Å². The zero-order valence-electron chi connectivity index (χ0n) is 9.34. The van der Waals surface area contributed by atoms with Crippen molar-refractivity contribution in [2.75, 3.05) is 19.8 Å². The van der Waals surface area contributed by atoms with Crippen LogP contribution in [0.5, 0.6) is 0 Å². The maximum atomic E-state index is 10.1. The molecule has 0 saturated heterocycles. The Kier molecular flexibility index (Phi) is 9.16. The van der Waals surface area contributed by atoms with Crippen molar-refractivity contribution in [2.45, 2.75) is 24.4 Å². The molecule has 0 aromatic carbocycles. The fourth-order valence-corrected chi connectivity index (χ4v) is 0.993. The average Bonchev–Trinajstić information content (AvgIpc) is 2.26. The highest BCUT2D eigenvalue weighted by molar-refractivity contribution is 7.52. The molecule has 9 N–H and O–H groups in total. The van der Waals surface area contributed by atoms with Crippen molar-refractivity contribution in [1.82, 2.24) is 0 Å². The first-order valence-corrected chi connectivity index (χ1v) is 6.25. The van der Waals surface area contributed by atoms with Crippen LogP contribution in [0.25, 0.3) is 0 Å². The van der Waals surface area contributed by atoms with E-state index in [9.17, 15) is 4.57 Å². The van der Waals surface area contributed by atoms with Crippen LogP contribution in [0.3, 0.4) is 0 Å². The lowest BCUT2D eigenvalue weighted by molar-refractivity contribution is 0.0641. The third-order valence-electron chi connectivity index (χ3n) is 1.72. The molecule has 9 nitrogen and oxygen atoms in total. The Balaban J connectivity index is 0. The summed E-state index contributed by atoms with van der Waals surface area (Å²) in [7, 11) is -4.51. The third-order valence-corrected chi connectivity index (χ3v) is 2.84. The monoisotopic (exact) mass is 277 g/mol. The van der Waals surface area contributed by atoms with E-state index in [1.54, 1.807) is 0 Å². The Morgan fingerprint density at radius 1 is 1.12 bits per heavy atom. The molecule has 0 aliphatic rings. The molecule has 17 heavy (non-hydrogen) atoms. The first-order chi connectivity index (χ1) is 7.54. The first-order valence-electron chi connectivity index (χ1n) is 4.57. The molecule has 0 heterocycles. The first kappa shape index (κ1) is 19.3. The number of nitrogens with two attached hydrogens (primary N) is 1. The van der Waals surface area contributed by atoms with E-state index in [2.05, 4.69) is 0 Å².